The monoisotopic (exact) mass is 433 g/mol. The fourth-order valence-corrected chi connectivity index (χ4v) is 3.94. The molecule has 0 aliphatic heterocycles. The average Bonchev–Trinajstić information content (AvgIpc) is 2.61. The van der Waals surface area contributed by atoms with Gasteiger partial charge in [0, 0.05) is 0 Å². The van der Waals surface area contributed by atoms with Gasteiger partial charge in [-0.15, -0.1) is 0 Å². The van der Waals surface area contributed by atoms with E-state index in [9.17, 15) is 9.36 Å². The number of nitrogens with zero attached hydrogens (tertiary/aromatic N) is 1. The minimum absolute atomic E-state index is 0.130. The molecule has 0 spiro atoms. The molecule has 10 nitrogen and oxygen atoms in total. The molecule has 0 aromatic carbocycles. The number of carbonyl (C=O) groups is 1. The molecule has 0 radical (unpaired) electrons. The number of hydrogen-bond donors (Lipinski definition) is 1. The Balaban J connectivity index is 0. The van der Waals surface area contributed by atoms with Crippen LogP contribution in [0.2, 0.25) is 0 Å². The summed E-state index contributed by atoms with van der Waals surface area (Å²) >= 11 is 0. The van der Waals surface area contributed by atoms with Crippen molar-refractivity contribution in [3.63, 3.8) is 0 Å². The van der Waals surface area contributed by atoms with Crippen molar-refractivity contribution in [3.8, 4) is 0 Å². The van der Waals surface area contributed by atoms with Crippen molar-refractivity contribution in [2.75, 3.05) is 45.8 Å². The van der Waals surface area contributed by atoms with E-state index in [-0.39, 0.29) is 25.5 Å². The zero-order valence-corrected chi connectivity index (χ0v) is 18.8. The number of oxime groups is 1. The molecular formula is C15H33NO9P2. The van der Waals surface area contributed by atoms with E-state index in [2.05, 4.69) is 9.89 Å². The Labute approximate surface area is 163 Å². The summed E-state index contributed by atoms with van der Waals surface area (Å²) in [5, 5.41) is 11.4. The van der Waals surface area contributed by atoms with Crippen molar-refractivity contribution in [2.45, 2.75) is 41.5 Å². The van der Waals surface area contributed by atoms with Crippen molar-refractivity contribution in [1.29, 1.82) is 0 Å². The Bertz CT molecular complexity index is 425. The summed E-state index contributed by atoms with van der Waals surface area (Å²) in [6, 6.07) is 0. The lowest BCUT2D eigenvalue weighted by Gasteiger charge is -2.16. The lowest BCUT2D eigenvalue weighted by Crippen LogP contribution is -2.22. The SMILES string of the molecule is CCOC(=O)C(CP(=O)(OCC)OCC)=NO.CCOP(OCC)OCC. The minimum Gasteiger partial charge on any atom is -0.461 e. The van der Waals surface area contributed by atoms with Crippen LogP contribution in [-0.2, 0) is 36.7 Å². The van der Waals surface area contributed by atoms with Gasteiger partial charge in [-0.1, -0.05) is 5.16 Å². The molecule has 12 heteroatoms. The summed E-state index contributed by atoms with van der Waals surface area (Å²) in [7, 11) is -4.52. The van der Waals surface area contributed by atoms with Gasteiger partial charge in [-0.05, 0) is 41.5 Å². The first kappa shape index (κ1) is 28.6. The maximum Gasteiger partial charge on any atom is 0.356 e. The van der Waals surface area contributed by atoms with Gasteiger partial charge >= 0.3 is 22.2 Å². The first-order valence-electron chi connectivity index (χ1n) is 8.82. The lowest BCUT2D eigenvalue weighted by atomic mass is 10.4. The van der Waals surface area contributed by atoms with Gasteiger partial charge in [0.25, 0.3) is 0 Å². The van der Waals surface area contributed by atoms with E-state index in [0.717, 1.165) is 0 Å². The van der Waals surface area contributed by atoms with Gasteiger partial charge in [0.2, 0.25) is 0 Å². The zero-order valence-electron chi connectivity index (χ0n) is 17.0. The van der Waals surface area contributed by atoms with Crippen molar-refractivity contribution in [2.24, 2.45) is 5.16 Å². The molecule has 0 amide bonds. The van der Waals surface area contributed by atoms with Crippen LogP contribution in [0.25, 0.3) is 0 Å². The molecule has 0 fully saturated rings. The second kappa shape index (κ2) is 18.7. The maximum atomic E-state index is 12.0. The minimum atomic E-state index is -3.46. The molecule has 0 unspecified atom stereocenters. The molecule has 0 atom stereocenters. The van der Waals surface area contributed by atoms with Crippen LogP contribution >= 0.6 is 16.2 Å². The van der Waals surface area contributed by atoms with E-state index in [1.165, 1.54) is 0 Å². The second-order valence-electron chi connectivity index (χ2n) is 4.35. The van der Waals surface area contributed by atoms with E-state index < -0.39 is 28.3 Å². The Morgan fingerprint density at radius 2 is 1.30 bits per heavy atom. The predicted octanol–water partition coefficient (Wildman–Crippen LogP) is 3.97. The molecule has 0 saturated carbocycles. The first-order chi connectivity index (χ1) is 12.9. The molecular weight excluding hydrogens is 400 g/mol. The summed E-state index contributed by atoms with van der Waals surface area (Å²) in [5.74, 6) is -0.838. The largest absolute Gasteiger partial charge is 0.461 e. The summed E-state index contributed by atoms with van der Waals surface area (Å²) < 4.78 is 42.0. The van der Waals surface area contributed by atoms with Crippen LogP contribution in [-0.4, -0.2) is 62.7 Å². The quantitative estimate of drug-likeness (QED) is 0.142. The van der Waals surface area contributed by atoms with E-state index in [4.69, 9.17) is 27.8 Å². The maximum absolute atomic E-state index is 12.0. The summed E-state index contributed by atoms with van der Waals surface area (Å²) in [4.78, 5) is 11.3. The second-order valence-corrected chi connectivity index (χ2v) is 7.62. The van der Waals surface area contributed by atoms with E-state index in [0.29, 0.717) is 19.8 Å². The molecule has 0 aliphatic carbocycles. The Kier molecular flexibility index (Phi) is 19.9. The van der Waals surface area contributed by atoms with Gasteiger partial charge in [0.05, 0.1) is 39.6 Å². The lowest BCUT2D eigenvalue weighted by molar-refractivity contribution is -0.135. The van der Waals surface area contributed by atoms with Crippen LogP contribution in [0.5, 0.6) is 0 Å². The van der Waals surface area contributed by atoms with Crippen LogP contribution in [0.15, 0.2) is 5.16 Å². The normalized spacial score (nSPS) is 11.9. The van der Waals surface area contributed by atoms with Gasteiger partial charge in [0.15, 0.2) is 5.71 Å². The Morgan fingerprint density at radius 3 is 1.59 bits per heavy atom. The highest BCUT2D eigenvalue weighted by molar-refractivity contribution is 7.55. The third-order valence-corrected chi connectivity index (χ3v) is 5.73. The predicted molar refractivity (Wildman–Crippen MR) is 103 cm³/mol. The van der Waals surface area contributed by atoms with Gasteiger partial charge in [0.1, 0.15) is 6.16 Å². The van der Waals surface area contributed by atoms with Gasteiger partial charge in [-0.3, -0.25) is 4.57 Å². The molecule has 0 rings (SSSR count). The number of hydrogen-bond acceptors (Lipinski definition) is 10. The molecule has 0 aromatic rings. The highest BCUT2D eigenvalue weighted by atomic mass is 31.2. The number of rotatable bonds is 14. The van der Waals surface area contributed by atoms with Crippen molar-refractivity contribution >= 4 is 27.9 Å². The molecule has 1 N–H and O–H groups in total. The fourth-order valence-electron chi connectivity index (χ4n) is 1.48. The summed E-state index contributed by atoms with van der Waals surface area (Å²) in [6.07, 6.45) is -0.413. The highest BCUT2D eigenvalue weighted by Crippen LogP contribution is 2.48. The highest BCUT2D eigenvalue weighted by Gasteiger charge is 2.30. The number of esters is 1. The molecule has 27 heavy (non-hydrogen) atoms. The standard InChI is InChI=1S/C9H18NO6P.C6H15O3P/c1-4-14-9(11)8(10-12)7-17(13,15-5-2)16-6-3;1-4-7-10(8-5-2)9-6-3/h12H,4-7H2,1-3H3;4-6H2,1-3H3. The van der Waals surface area contributed by atoms with Crippen LogP contribution in [0.3, 0.4) is 0 Å². The van der Waals surface area contributed by atoms with Crippen LogP contribution in [0, 0.1) is 0 Å². The first-order valence-corrected chi connectivity index (χ1v) is 11.6. The number of ether oxygens (including phenoxy) is 1. The molecule has 0 aromatic heterocycles. The smallest absolute Gasteiger partial charge is 0.356 e. The van der Waals surface area contributed by atoms with Crippen LogP contribution < -0.4 is 0 Å². The molecule has 162 valence electrons. The average molecular weight is 433 g/mol. The van der Waals surface area contributed by atoms with Crippen LogP contribution in [0.4, 0.5) is 0 Å². The molecule has 0 bridgehead atoms. The molecule has 0 aliphatic rings. The Hall–Kier alpha value is -0.600. The van der Waals surface area contributed by atoms with Gasteiger partial charge in [-0.25, -0.2) is 4.79 Å². The fraction of sp³-hybridized carbons (Fsp3) is 0.867. The zero-order chi connectivity index (χ0) is 21.1. The van der Waals surface area contributed by atoms with E-state index in [1.54, 1.807) is 20.8 Å². The van der Waals surface area contributed by atoms with Gasteiger partial charge < -0.3 is 32.6 Å². The summed E-state index contributed by atoms with van der Waals surface area (Å²) in [5.41, 5.74) is -0.378. The van der Waals surface area contributed by atoms with Gasteiger partial charge in [-0.2, -0.15) is 0 Å². The van der Waals surface area contributed by atoms with Crippen LogP contribution in [0.1, 0.15) is 41.5 Å². The van der Waals surface area contributed by atoms with Crippen molar-refractivity contribution < 1.29 is 41.9 Å². The number of carbonyl (C=O) groups excluding carboxylic acids is 1. The molecule has 0 saturated heterocycles. The third-order valence-electron chi connectivity index (χ3n) is 2.33. The van der Waals surface area contributed by atoms with Crippen molar-refractivity contribution in [3.05, 3.63) is 0 Å². The third kappa shape index (κ3) is 15.0. The summed E-state index contributed by atoms with van der Waals surface area (Å²) in [6.45, 7) is 13.1. The molecule has 0 heterocycles. The topological polar surface area (TPSA) is 122 Å². The van der Waals surface area contributed by atoms with E-state index >= 15 is 0 Å². The van der Waals surface area contributed by atoms with E-state index in [1.807, 2.05) is 20.8 Å². The Morgan fingerprint density at radius 1 is 0.852 bits per heavy atom. The van der Waals surface area contributed by atoms with Crippen molar-refractivity contribution in [1.82, 2.24) is 0 Å².